The Kier molecular flexibility index (Phi) is 24.3. The predicted octanol–water partition coefficient (Wildman–Crippen LogP) is 5.60. The number of benzene rings is 2. The van der Waals surface area contributed by atoms with E-state index in [2.05, 4.69) is 24.5 Å². The number of likely N-dealkylation sites (tertiary alicyclic amines) is 1. The second-order valence-electron chi connectivity index (χ2n) is 19.1. The smallest absolute Gasteiger partial charge is 0.337 e. The van der Waals surface area contributed by atoms with Crippen molar-refractivity contribution in [2.45, 2.75) is 142 Å². The van der Waals surface area contributed by atoms with Crippen LogP contribution >= 0.6 is 0 Å². The fraction of sp³-hybridized carbons (Fsp3) is 0.654. The average Bonchev–Trinajstić information content (AvgIpc) is 3.78. The summed E-state index contributed by atoms with van der Waals surface area (Å²) in [5, 5.41) is 15.0. The van der Waals surface area contributed by atoms with Crippen LogP contribution in [-0.4, -0.2) is 153 Å². The van der Waals surface area contributed by atoms with E-state index in [1.54, 1.807) is 50.4 Å². The lowest BCUT2D eigenvalue weighted by atomic mass is 9.87. The SMILES string of the molecule is CC[C@H](C)[C@@H]([C@@H](CC(=O)N1CCC[C@H]1[C@H](OC)[C@@H](C)C(=O)N[C@H](COCc1ccc(C(=O)OC)cc1)Cc1ccccc1)OC)N(C)[C@H](C(=O)NC(=O)[C@H](C(C)C)N(C)CCCC(=O)O)C(C)C. The standard InChI is InChI=1S/C52H81N5O11/c1-13-35(6)47(56(9)46(34(4)5)51(63)54-50(62)45(33(2)3)55(8)27-18-22-44(59)60)42(65-10)30-43(58)57-28-17-21-41(57)48(66-11)36(7)49(61)53-40(29-37-19-15-14-16-20-37)32-68-31-38-23-25-39(26-24-38)52(64)67-12/h14-16,19-20,23-26,33-36,40-42,45-48H,13,17-18,21-22,27-32H2,1-12H3,(H,53,61)(H,59,60)(H,54,62,63)/t35-,36+,40-,41-,42+,45-,46-,47-,48+/m0/s1. The highest BCUT2D eigenvalue weighted by Crippen LogP contribution is 2.31. The van der Waals surface area contributed by atoms with Gasteiger partial charge in [-0.3, -0.25) is 39.1 Å². The first-order valence-electron chi connectivity index (χ1n) is 24.2. The number of esters is 1. The van der Waals surface area contributed by atoms with Crippen LogP contribution in [0.5, 0.6) is 0 Å². The van der Waals surface area contributed by atoms with Crippen LogP contribution in [0.4, 0.5) is 0 Å². The van der Waals surface area contributed by atoms with Gasteiger partial charge in [0.1, 0.15) is 0 Å². The second-order valence-corrected chi connectivity index (χ2v) is 19.1. The molecular weight excluding hydrogens is 871 g/mol. The molecule has 3 rings (SSSR count). The minimum atomic E-state index is -0.908. The lowest BCUT2D eigenvalue weighted by molar-refractivity contribution is -0.144. The van der Waals surface area contributed by atoms with Gasteiger partial charge < -0.3 is 34.3 Å². The minimum Gasteiger partial charge on any atom is -0.481 e. The number of carboxylic acid groups (broad SMARTS) is 1. The van der Waals surface area contributed by atoms with Crippen molar-refractivity contribution in [2.24, 2.45) is 23.7 Å². The summed E-state index contributed by atoms with van der Waals surface area (Å²) in [5.74, 6) is -3.61. The number of nitrogens with zero attached hydrogens (tertiary/aromatic N) is 3. The predicted molar refractivity (Wildman–Crippen MR) is 261 cm³/mol. The van der Waals surface area contributed by atoms with E-state index < -0.39 is 60.0 Å². The van der Waals surface area contributed by atoms with E-state index in [0.717, 1.165) is 24.0 Å². The quantitative estimate of drug-likeness (QED) is 0.0855. The number of carboxylic acids is 1. The maximum atomic E-state index is 14.5. The molecule has 1 saturated heterocycles. The van der Waals surface area contributed by atoms with Crippen molar-refractivity contribution in [1.82, 2.24) is 25.3 Å². The second kappa shape index (κ2) is 28.7. The van der Waals surface area contributed by atoms with Crippen LogP contribution in [0.2, 0.25) is 0 Å². The van der Waals surface area contributed by atoms with Crippen molar-refractivity contribution >= 4 is 35.6 Å². The van der Waals surface area contributed by atoms with E-state index in [0.29, 0.717) is 37.9 Å². The van der Waals surface area contributed by atoms with E-state index in [-0.39, 0.29) is 67.7 Å². The number of carbonyl (C=O) groups is 6. The van der Waals surface area contributed by atoms with Crippen LogP contribution in [0.3, 0.4) is 0 Å². The molecule has 0 radical (unpaired) electrons. The number of amides is 4. The average molecular weight is 952 g/mol. The number of hydrogen-bond acceptors (Lipinski definition) is 12. The molecule has 380 valence electrons. The van der Waals surface area contributed by atoms with Crippen molar-refractivity contribution < 1.29 is 52.8 Å². The van der Waals surface area contributed by atoms with E-state index in [4.69, 9.17) is 24.1 Å². The summed E-state index contributed by atoms with van der Waals surface area (Å²) >= 11 is 0. The van der Waals surface area contributed by atoms with Gasteiger partial charge in [0.15, 0.2) is 0 Å². The number of imide groups is 1. The number of methoxy groups -OCH3 is 3. The first-order chi connectivity index (χ1) is 32.3. The van der Waals surface area contributed by atoms with Gasteiger partial charge in [-0.25, -0.2) is 4.79 Å². The lowest BCUT2D eigenvalue weighted by Crippen LogP contribution is -2.60. The summed E-state index contributed by atoms with van der Waals surface area (Å²) in [6, 6.07) is 14.3. The van der Waals surface area contributed by atoms with Crippen molar-refractivity contribution in [3.05, 3.63) is 71.3 Å². The van der Waals surface area contributed by atoms with Gasteiger partial charge in [0.05, 0.1) is 74.6 Å². The topological polar surface area (TPSA) is 193 Å². The van der Waals surface area contributed by atoms with E-state index in [1.807, 2.05) is 81.8 Å². The van der Waals surface area contributed by atoms with Gasteiger partial charge in [-0.05, 0) is 87.3 Å². The van der Waals surface area contributed by atoms with Crippen LogP contribution < -0.4 is 10.6 Å². The Balaban J connectivity index is 1.77. The van der Waals surface area contributed by atoms with E-state index >= 15 is 0 Å². The Morgan fingerprint density at radius 2 is 1.46 bits per heavy atom. The van der Waals surface area contributed by atoms with Crippen LogP contribution in [-0.2, 0) is 55.9 Å². The molecule has 0 aliphatic carbocycles. The highest BCUT2D eigenvalue weighted by molar-refractivity contribution is 6.00. The third-order valence-corrected chi connectivity index (χ3v) is 13.4. The molecule has 0 bridgehead atoms. The highest BCUT2D eigenvalue weighted by atomic mass is 16.5. The first-order valence-corrected chi connectivity index (χ1v) is 24.2. The zero-order valence-electron chi connectivity index (χ0n) is 42.7. The van der Waals surface area contributed by atoms with Crippen LogP contribution in [0.1, 0.15) is 108 Å². The Morgan fingerprint density at radius 1 is 0.824 bits per heavy atom. The van der Waals surface area contributed by atoms with Crippen LogP contribution in [0.25, 0.3) is 0 Å². The molecule has 1 fully saturated rings. The van der Waals surface area contributed by atoms with Crippen LogP contribution in [0, 0.1) is 23.7 Å². The Morgan fingerprint density at radius 3 is 2.01 bits per heavy atom. The third kappa shape index (κ3) is 16.7. The fourth-order valence-electron chi connectivity index (χ4n) is 9.79. The first kappa shape index (κ1) is 57.6. The molecule has 0 aromatic heterocycles. The fourth-order valence-corrected chi connectivity index (χ4v) is 9.79. The normalized spacial score (nSPS) is 17.6. The van der Waals surface area contributed by atoms with Gasteiger partial charge >= 0.3 is 11.9 Å². The number of aliphatic carboxylic acids is 1. The van der Waals surface area contributed by atoms with Crippen LogP contribution in [0.15, 0.2) is 54.6 Å². The molecule has 0 spiro atoms. The van der Waals surface area contributed by atoms with Gasteiger partial charge in [-0.2, -0.15) is 0 Å². The molecule has 0 unspecified atom stereocenters. The minimum absolute atomic E-state index is 0.0176. The summed E-state index contributed by atoms with van der Waals surface area (Å²) in [7, 11) is 8.09. The molecular formula is C52H81N5O11. The zero-order valence-corrected chi connectivity index (χ0v) is 42.7. The number of hydrogen-bond donors (Lipinski definition) is 3. The van der Waals surface area contributed by atoms with Gasteiger partial charge in [-0.15, -0.1) is 0 Å². The third-order valence-electron chi connectivity index (χ3n) is 13.4. The summed E-state index contributed by atoms with van der Waals surface area (Å²) in [6.07, 6.45) is 1.77. The molecule has 9 atom stereocenters. The molecule has 3 N–H and O–H groups in total. The summed E-state index contributed by atoms with van der Waals surface area (Å²) in [5.41, 5.74) is 2.34. The molecule has 16 nitrogen and oxygen atoms in total. The molecule has 68 heavy (non-hydrogen) atoms. The number of carbonyl (C=O) groups excluding carboxylic acids is 5. The largest absolute Gasteiger partial charge is 0.481 e. The summed E-state index contributed by atoms with van der Waals surface area (Å²) in [6.45, 7) is 14.9. The highest BCUT2D eigenvalue weighted by Gasteiger charge is 2.44. The Labute approximate surface area is 405 Å². The molecule has 1 aliphatic heterocycles. The number of nitrogens with one attached hydrogen (secondary N) is 2. The van der Waals surface area contributed by atoms with Gasteiger partial charge in [0.2, 0.25) is 23.6 Å². The molecule has 16 heteroatoms. The lowest BCUT2D eigenvalue weighted by Gasteiger charge is -2.43. The molecule has 1 aliphatic rings. The number of ether oxygens (including phenoxy) is 4. The Bertz CT molecular complexity index is 1900. The maximum Gasteiger partial charge on any atom is 0.337 e. The Hall–Kier alpha value is -4.74. The maximum absolute atomic E-state index is 14.5. The molecule has 2 aromatic rings. The van der Waals surface area contributed by atoms with Crippen molar-refractivity contribution in [3.63, 3.8) is 0 Å². The van der Waals surface area contributed by atoms with Gasteiger partial charge in [0, 0.05) is 33.2 Å². The summed E-state index contributed by atoms with van der Waals surface area (Å²) in [4.78, 5) is 85.2. The molecule has 1 heterocycles. The number of rotatable bonds is 29. The van der Waals surface area contributed by atoms with E-state index in [1.165, 1.54) is 7.11 Å². The molecule has 4 amide bonds. The van der Waals surface area contributed by atoms with E-state index in [9.17, 15) is 28.8 Å². The summed E-state index contributed by atoms with van der Waals surface area (Å²) < 4.78 is 23.2. The van der Waals surface area contributed by atoms with Crippen molar-refractivity contribution in [1.29, 1.82) is 0 Å². The van der Waals surface area contributed by atoms with Crippen molar-refractivity contribution in [3.8, 4) is 0 Å². The van der Waals surface area contributed by atoms with Crippen molar-refractivity contribution in [2.75, 3.05) is 55.1 Å². The molecule has 2 aromatic carbocycles. The zero-order chi connectivity index (χ0) is 50.7. The molecule has 0 saturated carbocycles. The van der Waals surface area contributed by atoms with Gasteiger partial charge in [-0.1, -0.05) is 97.4 Å². The van der Waals surface area contributed by atoms with Gasteiger partial charge in [0.25, 0.3) is 0 Å². The monoisotopic (exact) mass is 952 g/mol. The number of likely N-dealkylation sites (N-methyl/N-ethyl adjacent to an activating group) is 2.